The molecule has 7 heteroatoms. The van der Waals surface area contributed by atoms with Gasteiger partial charge in [-0.2, -0.15) is 0 Å². The molecule has 0 aromatic carbocycles. The highest BCUT2D eigenvalue weighted by Crippen LogP contribution is 2.32. The second kappa shape index (κ2) is 8.51. The van der Waals surface area contributed by atoms with Gasteiger partial charge in [0.2, 0.25) is 11.9 Å². The van der Waals surface area contributed by atoms with E-state index in [1.807, 2.05) is 25.3 Å². The summed E-state index contributed by atoms with van der Waals surface area (Å²) in [6, 6.07) is 0.194. The molecule has 1 heterocycles. The van der Waals surface area contributed by atoms with Gasteiger partial charge < -0.3 is 9.30 Å². The zero-order valence-electron chi connectivity index (χ0n) is 17.6. The maximum atomic E-state index is 15.0. The zero-order chi connectivity index (χ0) is 21.2. The van der Waals surface area contributed by atoms with Crippen LogP contribution < -0.4 is 16.0 Å². The Bertz CT molecular complexity index is 936. The number of ether oxygens (including phenoxy) is 1. The molecule has 1 aromatic rings. The average Bonchev–Trinajstić information content (AvgIpc) is 2.77. The minimum atomic E-state index is -1.41. The molecule has 0 spiro atoms. The van der Waals surface area contributed by atoms with Gasteiger partial charge in [0.1, 0.15) is 6.17 Å². The maximum absolute atomic E-state index is 15.0. The standard InChI is InChI=1S/C22H30FN3O3/c1-5-29-20(28)11-14-9-10-17-18(12-16(14)23)26(15-7-6-8-15)21(24-17)25-19(27)13-22(2,3)4/h9-10,12,15-16H,5-8,11,13H2,1-4H3,(H,24,25,27). The second-order valence-corrected chi connectivity index (χ2v) is 8.90. The lowest BCUT2D eigenvalue weighted by Crippen LogP contribution is -2.36. The maximum Gasteiger partial charge on any atom is 0.310 e. The fraction of sp³-hybridized carbons (Fsp3) is 0.591. The predicted octanol–water partition coefficient (Wildman–Crippen LogP) is 2.78. The Balaban J connectivity index is 1.95. The van der Waals surface area contributed by atoms with Crippen molar-refractivity contribution in [2.45, 2.75) is 72.0 Å². The number of rotatable bonds is 6. The quantitative estimate of drug-likeness (QED) is 0.742. The van der Waals surface area contributed by atoms with Crippen molar-refractivity contribution in [3.05, 3.63) is 22.3 Å². The van der Waals surface area contributed by atoms with Gasteiger partial charge >= 0.3 is 5.97 Å². The summed E-state index contributed by atoms with van der Waals surface area (Å²) in [5.74, 6) is -0.0794. The molecule has 2 aliphatic rings. The minimum Gasteiger partial charge on any atom is -0.466 e. The second-order valence-electron chi connectivity index (χ2n) is 8.90. The molecule has 6 nitrogen and oxygen atoms in total. The molecule has 3 rings (SSSR count). The topological polar surface area (TPSA) is 73.2 Å². The summed E-state index contributed by atoms with van der Waals surface area (Å²) in [5.41, 5.74) is 0.210. The summed E-state index contributed by atoms with van der Waals surface area (Å²) in [6.45, 7) is 8.01. The molecule has 158 valence electrons. The first-order chi connectivity index (χ1) is 13.7. The molecular formula is C22H30FN3O3. The van der Waals surface area contributed by atoms with Gasteiger partial charge in [-0.05, 0) is 49.3 Å². The van der Waals surface area contributed by atoms with Crippen LogP contribution in [0.15, 0.2) is 11.6 Å². The van der Waals surface area contributed by atoms with E-state index >= 15 is 0 Å². The molecule has 29 heavy (non-hydrogen) atoms. The van der Waals surface area contributed by atoms with E-state index in [4.69, 9.17) is 4.74 Å². The van der Waals surface area contributed by atoms with Gasteiger partial charge in [0.25, 0.3) is 0 Å². The van der Waals surface area contributed by atoms with Crippen LogP contribution in [0.4, 0.5) is 10.3 Å². The van der Waals surface area contributed by atoms with Crippen molar-refractivity contribution in [2.24, 2.45) is 5.41 Å². The van der Waals surface area contributed by atoms with Crippen molar-refractivity contribution in [2.75, 3.05) is 11.9 Å². The highest BCUT2D eigenvalue weighted by atomic mass is 19.1. The summed E-state index contributed by atoms with van der Waals surface area (Å²) < 4.78 is 21.9. The van der Waals surface area contributed by atoms with Gasteiger partial charge in [-0.15, -0.1) is 0 Å². The number of hydrogen-bond donors (Lipinski definition) is 1. The van der Waals surface area contributed by atoms with E-state index in [1.54, 1.807) is 19.1 Å². The smallest absolute Gasteiger partial charge is 0.310 e. The Labute approximate surface area is 170 Å². The third-order valence-corrected chi connectivity index (χ3v) is 5.13. The highest BCUT2D eigenvalue weighted by molar-refractivity contribution is 5.89. The van der Waals surface area contributed by atoms with Crippen LogP contribution in [0.1, 0.15) is 65.8 Å². The van der Waals surface area contributed by atoms with E-state index in [0.29, 0.717) is 28.6 Å². The fourth-order valence-corrected chi connectivity index (χ4v) is 3.56. The summed E-state index contributed by atoms with van der Waals surface area (Å²) in [4.78, 5) is 28.8. The molecule has 1 atom stereocenters. The summed E-state index contributed by atoms with van der Waals surface area (Å²) in [6.07, 6.45) is 6.72. The van der Waals surface area contributed by atoms with Crippen molar-refractivity contribution in [1.29, 1.82) is 0 Å². The van der Waals surface area contributed by atoms with E-state index in [-0.39, 0.29) is 30.4 Å². The van der Waals surface area contributed by atoms with Crippen LogP contribution >= 0.6 is 0 Å². The van der Waals surface area contributed by atoms with E-state index in [2.05, 4.69) is 10.3 Å². The number of fused-ring (bicyclic) bond motifs is 1. The van der Waals surface area contributed by atoms with E-state index in [1.165, 1.54) is 6.08 Å². The van der Waals surface area contributed by atoms with E-state index in [9.17, 15) is 14.0 Å². The Morgan fingerprint density at radius 1 is 1.31 bits per heavy atom. The molecule has 0 aliphatic heterocycles. The fourth-order valence-electron chi connectivity index (χ4n) is 3.56. The Kier molecular flexibility index (Phi) is 6.24. The lowest BCUT2D eigenvalue weighted by molar-refractivity contribution is -0.142. The van der Waals surface area contributed by atoms with E-state index < -0.39 is 12.1 Å². The number of carbonyl (C=O) groups excluding carboxylic acids is 2. The first-order valence-electron chi connectivity index (χ1n) is 10.3. The van der Waals surface area contributed by atoms with Gasteiger partial charge in [0.05, 0.1) is 23.7 Å². The van der Waals surface area contributed by atoms with Crippen LogP contribution in [0, 0.1) is 5.41 Å². The van der Waals surface area contributed by atoms with Crippen molar-refractivity contribution in [3.63, 3.8) is 0 Å². The SMILES string of the molecule is CCOC(=O)CC1=CC=c2nc(NC(=O)CC(C)(C)C)n(C3CCC3)c2=CC1F. The number of amides is 1. The molecule has 1 fully saturated rings. The number of esters is 1. The lowest BCUT2D eigenvalue weighted by atomic mass is 9.92. The summed E-state index contributed by atoms with van der Waals surface area (Å²) >= 11 is 0. The number of halogens is 1. The average molecular weight is 403 g/mol. The normalized spacial score (nSPS) is 19.1. The third kappa shape index (κ3) is 5.14. The molecule has 1 amide bonds. The van der Waals surface area contributed by atoms with Crippen molar-refractivity contribution in [1.82, 2.24) is 9.55 Å². The molecule has 1 N–H and O–H groups in total. The predicted molar refractivity (Wildman–Crippen MR) is 110 cm³/mol. The molecule has 1 aromatic heterocycles. The van der Waals surface area contributed by atoms with Crippen LogP contribution in [-0.2, 0) is 14.3 Å². The van der Waals surface area contributed by atoms with Crippen LogP contribution in [-0.4, -0.2) is 34.2 Å². The number of allylic oxidation sites excluding steroid dienone is 1. The number of hydrogen-bond acceptors (Lipinski definition) is 4. The number of nitrogens with zero attached hydrogens (tertiary/aromatic N) is 2. The first-order valence-corrected chi connectivity index (χ1v) is 10.3. The van der Waals surface area contributed by atoms with Crippen LogP contribution in [0.2, 0.25) is 0 Å². The summed E-state index contributed by atoms with van der Waals surface area (Å²) in [7, 11) is 0. The number of imidazole rings is 1. The Morgan fingerprint density at radius 3 is 2.62 bits per heavy atom. The van der Waals surface area contributed by atoms with Crippen LogP contribution in [0.3, 0.4) is 0 Å². The summed E-state index contributed by atoms with van der Waals surface area (Å²) in [5, 5.41) is 4.18. The van der Waals surface area contributed by atoms with Crippen molar-refractivity contribution < 1.29 is 18.7 Å². The largest absolute Gasteiger partial charge is 0.466 e. The highest BCUT2D eigenvalue weighted by Gasteiger charge is 2.27. The van der Waals surface area contributed by atoms with Crippen molar-refractivity contribution in [3.8, 4) is 0 Å². The van der Waals surface area contributed by atoms with Crippen molar-refractivity contribution >= 4 is 30.0 Å². The number of carbonyl (C=O) groups is 2. The molecule has 1 saturated carbocycles. The van der Waals surface area contributed by atoms with Crippen LogP contribution in [0.5, 0.6) is 0 Å². The number of anilines is 1. The Morgan fingerprint density at radius 2 is 2.03 bits per heavy atom. The van der Waals surface area contributed by atoms with Gasteiger partial charge in [0, 0.05) is 12.5 Å². The van der Waals surface area contributed by atoms with Gasteiger partial charge in [-0.25, -0.2) is 9.37 Å². The molecule has 1 unspecified atom stereocenters. The third-order valence-electron chi connectivity index (χ3n) is 5.13. The molecule has 0 bridgehead atoms. The number of alkyl halides is 1. The van der Waals surface area contributed by atoms with Gasteiger partial charge in [-0.3, -0.25) is 14.9 Å². The van der Waals surface area contributed by atoms with Gasteiger partial charge in [-0.1, -0.05) is 26.8 Å². The minimum absolute atomic E-state index is 0.0924. The Hall–Kier alpha value is -2.44. The van der Waals surface area contributed by atoms with Crippen LogP contribution in [0.25, 0.3) is 12.2 Å². The lowest BCUT2D eigenvalue weighted by Gasteiger charge is -2.29. The van der Waals surface area contributed by atoms with Gasteiger partial charge in [0.15, 0.2) is 0 Å². The molecular weight excluding hydrogens is 373 g/mol. The monoisotopic (exact) mass is 403 g/mol. The van der Waals surface area contributed by atoms with E-state index in [0.717, 1.165) is 19.3 Å². The molecule has 2 aliphatic carbocycles. The molecule has 0 saturated heterocycles. The number of nitrogens with one attached hydrogen (secondary N) is 1. The zero-order valence-corrected chi connectivity index (χ0v) is 17.6. The number of aromatic nitrogens is 2. The molecule has 0 radical (unpaired) electrons. The first kappa shape index (κ1) is 21.3.